The summed E-state index contributed by atoms with van der Waals surface area (Å²) in [5, 5.41) is 6.62. The third-order valence-electron chi connectivity index (χ3n) is 4.21. The molecule has 2 N–H and O–H groups in total. The van der Waals surface area contributed by atoms with Crippen molar-refractivity contribution >= 4 is 21.8 Å². The molecule has 1 aliphatic heterocycles. The molecule has 0 aliphatic carbocycles. The molecule has 0 spiro atoms. The summed E-state index contributed by atoms with van der Waals surface area (Å²) in [7, 11) is 0. The lowest BCUT2D eigenvalue weighted by molar-refractivity contribution is -0.126. The van der Waals surface area contributed by atoms with Crippen molar-refractivity contribution in [2.75, 3.05) is 6.54 Å². The number of benzene rings is 1. The van der Waals surface area contributed by atoms with Crippen LogP contribution in [0.15, 0.2) is 28.7 Å². The summed E-state index contributed by atoms with van der Waals surface area (Å²) in [6.07, 6.45) is 2.17. The van der Waals surface area contributed by atoms with E-state index in [1.807, 2.05) is 38.1 Å². The zero-order valence-electron chi connectivity index (χ0n) is 12.4. The molecule has 0 aromatic heterocycles. The third kappa shape index (κ3) is 3.41. The van der Waals surface area contributed by atoms with Crippen LogP contribution in [-0.4, -0.2) is 24.5 Å². The van der Waals surface area contributed by atoms with Crippen LogP contribution in [0.4, 0.5) is 0 Å². The highest BCUT2D eigenvalue weighted by atomic mass is 79.9. The van der Waals surface area contributed by atoms with Gasteiger partial charge in [0.15, 0.2) is 0 Å². The summed E-state index contributed by atoms with van der Waals surface area (Å²) >= 11 is 3.43. The molecule has 1 aromatic carbocycles. The largest absolute Gasteiger partial charge is 0.351 e. The second kappa shape index (κ2) is 6.27. The second-order valence-corrected chi connectivity index (χ2v) is 7.01. The standard InChI is InChI=1S/C16H23BrN2O/c1-11-14(5-4-10-18-11)19-15(20)16(2,3)12-6-8-13(17)9-7-12/h6-9,11,14,18H,4-5,10H2,1-3H3,(H,19,20). The lowest BCUT2D eigenvalue weighted by Crippen LogP contribution is -2.55. The molecule has 0 saturated carbocycles. The van der Waals surface area contributed by atoms with E-state index in [1.54, 1.807) is 0 Å². The van der Waals surface area contributed by atoms with E-state index in [9.17, 15) is 4.79 Å². The first kappa shape index (κ1) is 15.5. The minimum absolute atomic E-state index is 0.0976. The maximum absolute atomic E-state index is 12.6. The molecule has 1 fully saturated rings. The van der Waals surface area contributed by atoms with Crippen molar-refractivity contribution in [1.82, 2.24) is 10.6 Å². The Labute approximate surface area is 129 Å². The van der Waals surface area contributed by atoms with E-state index >= 15 is 0 Å². The van der Waals surface area contributed by atoms with Crippen LogP contribution in [0.25, 0.3) is 0 Å². The van der Waals surface area contributed by atoms with Gasteiger partial charge in [0, 0.05) is 16.6 Å². The summed E-state index contributed by atoms with van der Waals surface area (Å²) in [6.45, 7) is 7.14. The normalized spacial score (nSPS) is 23.4. The molecule has 4 heteroatoms. The van der Waals surface area contributed by atoms with Crippen LogP contribution >= 0.6 is 15.9 Å². The molecule has 2 rings (SSSR count). The van der Waals surface area contributed by atoms with Crippen LogP contribution in [0.1, 0.15) is 39.2 Å². The number of carbonyl (C=O) groups is 1. The van der Waals surface area contributed by atoms with Crippen molar-refractivity contribution in [3.05, 3.63) is 34.3 Å². The first-order valence-electron chi connectivity index (χ1n) is 7.21. The van der Waals surface area contributed by atoms with Crippen LogP contribution in [0.5, 0.6) is 0 Å². The number of rotatable bonds is 3. The zero-order valence-corrected chi connectivity index (χ0v) is 14.0. The van der Waals surface area contributed by atoms with Gasteiger partial charge in [-0.15, -0.1) is 0 Å². The number of piperidine rings is 1. The van der Waals surface area contributed by atoms with Gasteiger partial charge in [0.2, 0.25) is 5.91 Å². The number of amides is 1. The van der Waals surface area contributed by atoms with Gasteiger partial charge in [0.25, 0.3) is 0 Å². The van der Waals surface area contributed by atoms with E-state index in [-0.39, 0.29) is 11.9 Å². The van der Waals surface area contributed by atoms with Crippen LogP contribution in [0.3, 0.4) is 0 Å². The van der Waals surface area contributed by atoms with Crippen LogP contribution in [-0.2, 0) is 10.2 Å². The van der Waals surface area contributed by atoms with Gasteiger partial charge in [-0.1, -0.05) is 28.1 Å². The Morgan fingerprint density at radius 2 is 2.00 bits per heavy atom. The molecule has 1 aromatic rings. The highest BCUT2D eigenvalue weighted by Crippen LogP contribution is 2.25. The minimum Gasteiger partial charge on any atom is -0.351 e. The third-order valence-corrected chi connectivity index (χ3v) is 4.74. The fraction of sp³-hybridized carbons (Fsp3) is 0.562. The van der Waals surface area contributed by atoms with Crippen LogP contribution < -0.4 is 10.6 Å². The van der Waals surface area contributed by atoms with Crippen molar-refractivity contribution in [2.24, 2.45) is 0 Å². The molecular weight excluding hydrogens is 316 g/mol. The van der Waals surface area contributed by atoms with E-state index in [4.69, 9.17) is 0 Å². The molecule has 1 aliphatic rings. The van der Waals surface area contributed by atoms with Gasteiger partial charge in [0.05, 0.1) is 5.41 Å². The van der Waals surface area contributed by atoms with Gasteiger partial charge in [-0.2, -0.15) is 0 Å². The van der Waals surface area contributed by atoms with Gasteiger partial charge in [0.1, 0.15) is 0 Å². The number of nitrogens with one attached hydrogen (secondary N) is 2. The van der Waals surface area contributed by atoms with Gasteiger partial charge >= 0.3 is 0 Å². The van der Waals surface area contributed by atoms with Crippen molar-refractivity contribution in [3.8, 4) is 0 Å². The van der Waals surface area contributed by atoms with Crippen LogP contribution in [0, 0.1) is 0 Å². The van der Waals surface area contributed by atoms with Crippen LogP contribution in [0.2, 0.25) is 0 Å². The predicted octanol–water partition coefficient (Wildman–Crippen LogP) is 2.98. The van der Waals surface area contributed by atoms with Crippen molar-refractivity contribution in [1.29, 1.82) is 0 Å². The van der Waals surface area contributed by atoms with E-state index in [0.29, 0.717) is 6.04 Å². The predicted molar refractivity (Wildman–Crippen MR) is 85.8 cm³/mol. The van der Waals surface area contributed by atoms with Crippen molar-refractivity contribution < 1.29 is 4.79 Å². The van der Waals surface area contributed by atoms with Gasteiger partial charge in [-0.3, -0.25) is 4.79 Å². The van der Waals surface area contributed by atoms with E-state index in [2.05, 4.69) is 33.5 Å². The molecule has 2 atom stereocenters. The molecule has 1 heterocycles. The summed E-state index contributed by atoms with van der Waals surface area (Å²) in [5.41, 5.74) is 0.521. The Morgan fingerprint density at radius 3 is 2.60 bits per heavy atom. The fourth-order valence-corrected chi connectivity index (χ4v) is 2.85. The van der Waals surface area contributed by atoms with E-state index < -0.39 is 5.41 Å². The van der Waals surface area contributed by atoms with Crippen molar-refractivity contribution in [3.63, 3.8) is 0 Å². The molecule has 3 nitrogen and oxygen atoms in total. The van der Waals surface area contributed by atoms with Crippen molar-refractivity contribution in [2.45, 2.75) is 51.1 Å². The molecule has 110 valence electrons. The minimum atomic E-state index is -0.516. The Hall–Kier alpha value is -0.870. The highest BCUT2D eigenvalue weighted by molar-refractivity contribution is 9.10. The van der Waals surface area contributed by atoms with Gasteiger partial charge in [-0.05, 0) is 57.9 Å². The second-order valence-electron chi connectivity index (χ2n) is 6.10. The molecule has 1 saturated heterocycles. The lowest BCUT2D eigenvalue weighted by atomic mass is 9.83. The smallest absolute Gasteiger partial charge is 0.230 e. The zero-order chi connectivity index (χ0) is 14.8. The van der Waals surface area contributed by atoms with Gasteiger partial charge in [-0.25, -0.2) is 0 Å². The average Bonchev–Trinajstić information content (AvgIpc) is 2.41. The Bertz CT molecular complexity index is 470. The number of hydrogen-bond donors (Lipinski definition) is 2. The average molecular weight is 339 g/mol. The monoisotopic (exact) mass is 338 g/mol. The molecule has 0 radical (unpaired) electrons. The Kier molecular flexibility index (Phi) is 4.86. The Morgan fingerprint density at radius 1 is 1.35 bits per heavy atom. The summed E-state index contributed by atoms with van der Waals surface area (Å²) in [6, 6.07) is 8.54. The first-order valence-corrected chi connectivity index (χ1v) is 8.01. The SMILES string of the molecule is CC1NCCCC1NC(=O)C(C)(C)c1ccc(Br)cc1. The molecule has 2 unspecified atom stereocenters. The molecule has 1 amide bonds. The molecule has 0 bridgehead atoms. The number of hydrogen-bond acceptors (Lipinski definition) is 2. The van der Waals surface area contributed by atoms with Gasteiger partial charge < -0.3 is 10.6 Å². The fourth-order valence-electron chi connectivity index (χ4n) is 2.59. The van der Waals surface area contributed by atoms with E-state index in [1.165, 1.54) is 0 Å². The molecular formula is C16H23BrN2O. The topological polar surface area (TPSA) is 41.1 Å². The number of carbonyl (C=O) groups excluding carboxylic acids is 1. The first-order chi connectivity index (χ1) is 9.41. The summed E-state index contributed by atoms with van der Waals surface area (Å²) in [5.74, 6) is 0.0976. The molecule has 20 heavy (non-hydrogen) atoms. The van der Waals surface area contributed by atoms with E-state index in [0.717, 1.165) is 29.4 Å². The highest BCUT2D eigenvalue weighted by Gasteiger charge is 2.32. The quantitative estimate of drug-likeness (QED) is 0.889. The Balaban J connectivity index is 2.08. The summed E-state index contributed by atoms with van der Waals surface area (Å²) in [4.78, 5) is 12.6. The maximum Gasteiger partial charge on any atom is 0.230 e. The number of halogens is 1. The maximum atomic E-state index is 12.6. The lowest BCUT2D eigenvalue weighted by Gasteiger charge is -2.34. The summed E-state index contributed by atoms with van der Waals surface area (Å²) < 4.78 is 1.03.